The van der Waals surface area contributed by atoms with Gasteiger partial charge in [-0.25, -0.2) is 0 Å². The minimum Gasteiger partial charge on any atom is -0.481 e. The van der Waals surface area contributed by atoms with E-state index in [-0.39, 0.29) is 5.78 Å². The van der Waals surface area contributed by atoms with E-state index in [1.165, 1.54) is 57.8 Å². The summed E-state index contributed by atoms with van der Waals surface area (Å²) in [6.45, 7) is 2.25. The van der Waals surface area contributed by atoms with Gasteiger partial charge in [-0.05, 0) is 6.42 Å². The maximum atomic E-state index is 11.8. The highest BCUT2D eigenvalue weighted by Crippen LogP contribution is 2.12. The fourth-order valence-corrected chi connectivity index (χ4v) is 3.29. The smallest absolute Gasteiger partial charge is 0.303 e. The largest absolute Gasteiger partial charge is 0.481 e. The second-order valence-corrected chi connectivity index (χ2v) is 7.74. The molecule has 2 aromatic rings. The van der Waals surface area contributed by atoms with E-state index in [9.17, 15) is 9.59 Å². The van der Waals surface area contributed by atoms with E-state index in [0.717, 1.165) is 24.0 Å². The van der Waals surface area contributed by atoms with Crippen molar-refractivity contribution in [2.24, 2.45) is 0 Å². The van der Waals surface area contributed by atoms with Gasteiger partial charge in [-0.3, -0.25) is 9.59 Å². The molecule has 0 heterocycles. The van der Waals surface area contributed by atoms with E-state index in [4.69, 9.17) is 5.11 Å². The Hall–Kier alpha value is -2.42. The molecule has 2 rings (SSSR count). The summed E-state index contributed by atoms with van der Waals surface area (Å²) in [5.41, 5.74) is 1.47. The summed E-state index contributed by atoms with van der Waals surface area (Å²) >= 11 is 0. The molecule has 0 spiro atoms. The first-order valence-corrected chi connectivity index (χ1v) is 11.5. The Labute approximate surface area is 182 Å². The van der Waals surface area contributed by atoms with E-state index in [1.807, 2.05) is 60.7 Å². The quantitative estimate of drug-likeness (QED) is 0.256. The summed E-state index contributed by atoms with van der Waals surface area (Å²) in [6.07, 6.45) is 14.4. The second kappa shape index (κ2) is 17.4. The molecule has 0 atom stereocenters. The van der Waals surface area contributed by atoms with Crippen molar-refractivity contribution in [2.75, 3.05) is 0 Å². The first kappa shape index (κ1) is 25.6. The number of unbranched alkanes of at least 4 members (excludes halogenated alkanes) is 10. The van der Waals surface area contributed by atoms with Crippen LogP contribution in [0.5, 0.6) is 0 Å². The molecule has 0 aliphatic carbocycles. The highest BCUT2D eigenvalue weighted by molar-refractivity contribution is 6.08. The number of aliphatic carboxylic acids is 1. The summed E-state index contributed by atoms with van der Waals surface area (Å²) in [4.78, 5) is 22.1. The molecule has 0 amide bonds. The predicted molar refractivity (Wildman–Crippen MR) is 125 cm³/mol. The number of carboxylic acid groups (broad SMARTS) is 1. The minimum atomic E-state index is -0.657. The van der Waals surface area contributed by atoms with Gasteiger partial charge in [-0.15, -0.1) is 0 Å². The van der Waals surface area contributed by atoms with Gasteiger partial charge in [0.2, 0.25) is 0 Å². The molecule has 0 saturated heterocycles. The number of ketones is 1. The van der Waals surface area contributed by atoms with Crippen LogP contribution in [0.4, 0.5) is 0 Å². The number of carboxylic acids is 1. The lowest BCUT2D eigenvalue weighted by Gasteiger charge is -2.01. The molecule has 0 unspecified atom stereocenters. The molecule has 0 fully saturated rings. The lowest BCUT2D eigenvalue weighted by Crippen LogP contribution is -1.99. The molecule has 164 valence electrons. The van der Waals surface area contributed by atoms with Crippen LogP contribution in [0, 0.1) is 0 Å². The van der Waals surface area contributed by atoms with E-state index < -0.39 is 5.97 Å². The fourth-order valence-electron chi connectivity index (χ4n) is 3.29. The van der Waals surface area contributed by atoms with Gasteiger partial charge in [0.1, 0.15) is 0 Å². The van der Waals surface area contributed by atoms with Crippen molar-refractivity contribution in [3.8, 4) is 0 Å². The van der Waals surface area contributed by atoms with Crippen molar-refractivity contribution in [2.45, 2.75) is 84.0 Å². The first-order chi connectivity index (χ1) is 14.6. The predicted octanol–water partition coefficient (Wildman–Crippen LogP) is 7.69. The zero-order valence-corrected chi connectivity index (χ0v) is 18.5. The third-order valence-corrected chi connectivity index (χ3v) is 5.07. The van der Waals surface area contributed by atoms with Crippen LogP contribution in [-0.2, 0) is 4.79 Å². The summed E-state index contributed by atoms with van der Waals surface area (Å²) in [6, 6.07) is 18.6. The monoisotopic (exact) mass is 410 g/mol. The van der Waals surface area contributed by atoms with Crippen LogP contribution in [-0.4, -0.2) is 16.9 Å². The Morgan fingerprint density at radius 3 is 1.33 bits per heavy atom. The fraction of sp³-hybridized carbons (Fsp3) is 0.481. The van der Waals surface area contributed by atoms with Gasteiger partial charge in [0.15, 0.2) is 5.78 Å². The molecule has 30 heavy (non-hydrogen) atoms. The van der Waals surface area contributed by atoms with Crippen LogP contribution in [0.15, 0.2) is 60.7 Å². The average Bonchev–Trinajstić information content (AvgIpc) is 2.78. The van der Waals surface area contributed by atoms with Crippen LogP contribution >= 0.6 is 0 Å². The summed E-state index contributed by atoms with van der Waals surface area (Å²) in [5, 5.41) is 8.46. The Morgan fingerprint density at radius 1 is 0.600 bits per heavy atom. The number of carbonyl (C=O) groups is 2. The zero-order chi connectivity index (χ0) is 21.9. The third-order valence-electron chi connectivity index (χ3n) is 5.07. The van der Waals surface area contributed by atoms with Crippen LogP contribution < -0.4 is 0 Å². The SMILES string of the molecule is CCCCCCCCCCCCCC(=O)O.O=C(c1ccccc1)c1ccccc1. The van der Waals surface area contributed by atoms with Crippen molar-refractivity contribution in [1.82, 2.24) is 0 Å². The van der Waals surface area contributed by atoms with Gasteiger partial charge in [-0.2, -0.15) is 0 Å². The molecule has 0 radical (unpaired) electrons. The molecule has 3 heteroatoms. The van der Waals surface area contributed by atoms with E-state index in [2.05, 4.69) is 6.92 Å². The van der Waals surface area contributed by atoms with E-state index in [0.29, 0.717) is 6.42 Å². The minimum absolute atomic E-state index is 0.0752. The van der Waals surface area contributed by atoms with Gasteiger partial charge >= 0.3 is 5.97 Å². The molecule has 3 nitrogen and oxygen atoms in total. The summed E-state index contributed by atoms with van der Waals surface area (Å²) < 4.78 is 0. The summed E-state index contributed by atoms with van der Waals surface area (Å²) in [5.74, 6) is -0.581. The van der Waals surface area contributed by atoms with Crippen molar-refractivity contribution < 1.29 is 14.7 Å². The topological polar surface area (TPSA) is 54.4 Å². The molecule has 1 N–H and O–H groups in total. The average molecular weight is 411 g/mol. The second-order valence-electron chi connectivity index (χ2n) is 7.74. The maximum Gasteiger partial charge on any atom is 0.303 e. The van der Waals surface area contributed by atoms with Crippen LogP contribution in [0.25, 0.3) is 0 Å². The third kappa shape index (κ3) is 12.9. The highest BCUT2D eigenvalue weighted by atomic mass is 16.4. The van der Waals surface area contributed by atoms with E-state index in [1.54, 1.807) is 0 Å². The Bertz CT molecular complexity index is 638. The van der Waals surface area contributed by atoms with Crippen LogP contribution in [0.2, 0.25) is 0 Å². The van der Waals surface area contributed by atoms with Gasteiger partial charge in [-0.1, -0.05) is 132 Å². The summed E-state index contributed by atoms with van der Waals surface area (Å²) in [7, 11) is 0. The maximum absolute atomic E-state index is 11.8. The Kier molecular flexibility index (Phi) is 14.9. The van der Waals surface area contributed by atoms with Gasteiger partial charge < -0.3 is 5.11 Å². The number of carbonyl (C=O) groups excluding carboxylic acids is 1. The zero-order valence-electron chi connectivity index (χ0n) is 18.5. The van der Waals surface area contributed by atoms with Gasteiger partial charge in [0, 0.05) is 17.5 Å². The molecular weight excluding hydrogens is 372 g/mol. The molecule has 0 saturated carbocycles. The van der Waals surface area contributed by atoms with Gasteiger partial charge in [0.05, 0.1) is 0 Å². The lowest BCUT2D eigenvalue weighted by atomic mass is 10.0. The van der Waals surface area contributed by atoms with Crippen molar-refractivity contribution in [1.29, 1.82) is 0 Å². The standard InChI is InChI=1S/C14H28O2.C13H10O/c1-2-3-4-5-6-7-8-9-10-11-12-13-14(15)16;14-13(11-7-3-1-4-8-11)12-9-5-2-6-10-12/h2-13H2,1H3,(H,15,16);1-10H. The molecule has 0 aliphatic heterocycles. The molecular formula is C27H38O3. The Morgan fingerprint density at radius 2 is 0.967 bits per heavy atom. The normalized spacial score (nSPS) is 10.2. The van der Waals surface area contributed by atoms with Crippen LogP contribution in [0.1, 0.15) is 99.9 Å². The van der Waals surface area contributed by atoms with Gasteiger partial charge in [0.25, 0.3) is 0 Å². The molecule has 2 aromatic carbocycles. The number of rotatable bonds is 14. The van der Waals surface area contributed by atoms with Crippen molar-refractivity contribution >= 4 is 11.8 Å². The first-order valence-electron chi connectivity index (χ1n) is 11.5. The molecule has 0 aliphatic rings. The van der Waals surface area contributed by atoms with E-state index >= 15 is 0 Å². The Balaban J connectivity index is 0.000000301. The number of benzene rings is 2. The van der Waals surface area contributed by atoms with Crippen molar-refractivity contribution in [3.05, 3.63) is 71.8 Å². The van der Waals surface area contributed by atoms with Crippen molar-refractivity contribution in [3.63, 3.8) is 0 Å². The highest BCUT2D eigenvalue weighted by Gasteiger charge is 2.06. The number of hydrogen-bond donors (Lipinski definition) is 1. The molecule has 0 aromatic heterocycles. The number of hydrogen-bond acceptors (Lipinski definition) is 2. The van der Waals surface area contributed by atoms with Crippen LogP contribution in [0.3, 0.4) is 0 Å². The lowest BCUT2D eigenvalue weighted by molar-refractivity contribution is -0.137. The molecule has 0 bridgehead atoms.